The standard InChI is InChI=1S/C12H17F3N4O/c1-11(20)3-2-5-19(6-4-11)9-7-8(12(13,14)15)17-10(16)18-9/h7,20H,2-6H2,1H3,(H2,16,17,18). The zero-order valence-electron chi connectivity index (χ0n) is 11.1. The number of hydrogen-bond acceptors (Lipinski definition) is 5. The Bertz CT molecular complexity index is 490. The molecule has 0 aromatic carbocycles. The molecule has 1 aliphatic rings. The van der Waals surface area contributed by atoms with Gasteiger partial charge in [0.25, 0.3) is 0 Å². The summed E-state index contributed by atoms with van der Waals surface area (Å²) in [6.45, 7) is 2.69. The van der Waals surface area contributed by atoms with E-state index < -0.39 is 23.4 Å². The molecule has 0 radical (unpaired) electrons. The number of nitrogens with two attached hydrogens (primary N) is 1. The van der Waals surface area contributed by atoms with E-state index in [4.69, 9.17) is 5.73 Å². The molecule has 1 unspecified atom stereocenters. The van der Waals surface area contributed by atoms with Gasteiger partial charge in [0.2, 0.25) is 5.95 Å². The summed E-state index contributed by atoms with van der Waals surface area (Å²) in [6, 6.07) is 0.899. The van der Waals surface area contributed by atoms with Crippen molar-refractivity contribution in [1.82, 2.24) is 9.97 Å². The van der Waals surface area contributed by atoms with Crippen LogP contribution in [0.4, 0.5) is 24.9 Å². The summed E-state index contributed by atoms with van der Waals surface area (Å²) in [7, 11) is 0. The van der Waals surface area contributed by atoms with E-state index in [-0.39, 0.29) is 5.82 Å². The minimum Gasteiger partial charge on any atom is -0.390 e. The van der Waals surface area contributed by atoms with E-state index in [9.17, 15) is 18.3 Å². The molecule has 3 N–H and O–H groups in total. The first-order valence-electron chi connectivity index (χ1n) is 6.36. The maximum absolute atomic E-state index is 12.7. The van der Waals surface area contributed by atoms with Gasteiger partial charge in [-0.05, 0) is 26.2 Å². The Hall–Kier alpha value is -1.57. The molecule has 2 heterocycles. The maximum atomic E-state index is 12.7. The van der Waals surface area contributed by atoms with E-state index in [1.165, 1.54) is 0 Å². The highest BCUT2D eigenvalue weighted by atomic mass is 19.4. The number of alkyl halides is 3. The van der Waals surface area contributed by atoms with Crippen molar-refractivity contribution in [3.63, 3.8) is 0 Å². The first kappa shape index (κ1) is 14.8. The number of nitrogen functional groups attached to an aromatic ring is 1. The van der Waals surface area contributed by atoms with Gasteiger partial charge >= 0.3 is 6.18 Å². The molecular weight excluding hydrogens is 273 g/mol. The van der Waals surface area contributed by atoms with Gasteiger partial charge in [0.05, 0.1) is 5.60 Å². The lowest BCUT2D eigenvalue weighted by molar-refractivity contribution is -0.141. The van der Waals surface area contributed by atoms with Crippen molar-refractivity contribution in [1.29, 1.82) is 0 Å². The molecule has 1 aromatic rings. The highest BCUT2D eigenvalue weighted by molar-refractivity contribution is 5.44. The molecule has 1 aromatic heterocycles. The van der Waals surface area contributed by atoms with Crippen LogP contribution < -0.4 is 10.6 Å². The Morgan fingerprint density at radius 3 is 2.65 bits per heavy atom. The predicted octanol–water partition coefficient (Wildman–Crippen LogP) is 1.82. The molecule has 1 aliphatic heterocycles. The lowest BCUT2D eigenvalue weighted by atomic mass is 9.98. The van der Waals surface area contributed by atoms with Crippen LogP contribution >= 0.6 is 0 Å². The van der Waals surface area contributed by atoms with Crippen molar-refractivity contribution in [2.75, 3.05) is 23.7 Å². The summed E-state index contributed by atoms with van der Waals surface area (Å²) in [5, 5.41) is 9.99. The second-order valence-electron chi connectivity index (χ2n) is 5.30. The van der Waals surface area contributed by atoms with Gasteiger partial charge in [0.15, 0.2) is 5.69 Å². The van der Waals surface area contributed by atoms with Crippen LogP contribution in [0.1, 0.15) is 31.9 Å². The van der Waals surface area contributed by atoms with Crippen LogP contribution in [-0.4, -0.2) is 33.8 Å². The topological polar surface area (TPSA) is 75.3 Å². The van der Waals surface area contributed by atoms with Gasteiger partial charge in [0, 0.05) is 19.2 Å². The molecule has 1 fully saturated rings. The Balaban J connectivity index is 2.26. The van der Waals surface area contributed by atoms with Gasteiger partial charge in [-0.1, -0.05) is 0 Å². The molecule has 0 spiro atoms. The highest BCUT2D eigenvalue weighted by Gasteiger charge is 2.34. The molecule has 5 nitrogen and oxygen atoms in total. The first-order valence-corrected chi connectivity index (χ1v) is 6.36. The molecular formula is C12H17F3N4O. The summed E-state index contributed by atoms with van der Waals surface area (Å²) in [5.41, 5.74) is 3.52. The number of hydrogen-bond donors (Lipinski definition) is 2. The predicted molar refractivity (Wildman–Crippen MR) is 68.1 cm³/mol. The van der Waals surface area contributed by atoms with Crippen molar-refractivity contribution >= 4 is 11.8 Å². The van der Waals surface area contributed by atoms with Crippen LogP contribution in [0.2, 0.25) is 0 Å². The van der Waals surface area contributed by atoms with Gasteiger partial charge in [-0.3, -0.25) is 0 Å². The van der Waals surface area contributed by atoms with Crippen molar-refractivity contribution in [2.24, 2.45) is 0 Å². The Morgan fingerprint density at radius 1 is 1.30 bits per heavy atom. The number of nitrogens with zero attached hydrogens (tertiary/aromatic N) is 3. The third-order valence-corrected chi connectivity index (χ3v) is 3.41. The zero-order valence-corrected chi connectivity index (χ0v) is 11.1. The summed E-state index contributed by atoms with van der Waals surface area (Å²) in [4.78, 5) is 8.79. The van der Waals surface area contributed by atoms with Crippen molar-refractivity contribution in [3.05, 3.63) is 11.8 Å². The Morgan fingerprint density at radius 2 is 2.00 bits per heavy atom. The van der Waals surface area contributed by atoms with E-state index in [2.05, 4.69) is 9.97 Å². The second-order valence-corrected chi connectivity index (χ2v) is 5.30. The third-order valence-electron chi connectivity index (χ3n) is 3.41. The van der Waals surface area contributed by atoms with E-state index in [0.717, 1.165) is 6.07 Å². The van der Waals surface area contributed by atoms with Crippen LogP contribution in [-0.2, 0) is 6.18 Å². The lowest BCUT2D eigenvalue weighted by Crippen LogP contribution is -2.29. The fraction of sp³-hybridized carbons (Fsp3) is 0.667. The van der Waals surface area contributed by atoms with E-state index in [1.54, 1.807) is 11.8 Å². The summed E-state index contributed by atoms with van der Waals surface area (Å²) in [6.07, 6.45) is -2.80. The van der Waals surface area contributed by atoms with Crippen molar-refractivity contribution in [2.45, 2.75) is 38.0 Å². The number of aromatic nitrogens is 2. The molecule has 112 valence electrons. The molecule has 1 saturated heterocycles. The van der Waals surface area contributed by atoms with Crippen LogP contribution in [0.15, 0.2) is 6.07 Å². The molecule has 0 saturated carbocycles. The van der Waals surface area contributed by atoms with E-state index >= 15 is 0 Å². The molecule has 0 bridgehead atoms. The van der Waals surface area contributed by atoms with Crippen LogP contribution in [0.5, 0.6) is 0 Å². The smallest absolute Gasteiger partial charge is 0.390 e. The van der Waals surface area contributed by atoms with Crippen LogP contribution in [0, 0.1) is 0 Å². The molecule has 0 aliphatic carbocycles. The average Bonchev–Trinajstić information content (AvgIpc) is 2.48. The number of anilines is 2. The minimum atomic E-state index is -4.55. The Labute approximate surface area is 114 Å². The monoisotopic (exact) mass is 290 g/mol. The highest BCUT2D eigenvalue weighted by Crippen LogP contribution is 2.31. The third kappa shape index (κ3) is 3.50. The summed E-state index contributed by atoms with van der Waals surface area (Å²) < 4.78 is 38.1. The molecule has 8 heteroatoms. The fourth-order valence-electron chi connectivity index (χ4n) is 2.25. The Kier molecular flexibility index (Phi) is 3.77. The maximum Gasteiger partial charge on any atom is 0.433 e. The van der Waals surface area contributed by atoms with Gasteiger partial charge in [-0.15, -0.1) is 0 Å². The number of rotatable bonds is 1. The lowest BCUT2D eigenvalue weighted by Gasteiger charge is -2.24. The fourth-order valence-corrected chi connectivity index (χ4v) is 2.25. The molecule has 2 rings (SSSR count). The van der Waals surface area contributed by atoms with Crippen LogP contribution in [0.25, 0.3) is 0 Å². The minimum absolute atomic E-state index is 0.155. The average molecular weight is 290 g/mol. The largest absolute Gasteiger partial charge is 0.433 e. The number of aliphatic hydroxyl groups is 1. The van der Waals surface area contributed by atoms with Gasteiger partial charge in [-0.2, -0.15) is 18.2 Å². The van der Waals surface area contributed by atoms with Crippen molar-refractivity contribution in [3.8, 4) is 0 Å². The molecule has 20 heavy (non-hydrogen) atoms. The van der Waals surface area contributed by atoms with Gasteiger partial charge in [0.1, 0.15) is 5.82 Å². The quantitative estimate of drug-likeness (QED) is 0.825. The first-order chi connectivity index (χ1) is 9.17. The normalized spacial score (nSPS) is 24.6. The van der Waals surface area contributed by atoms with Crippen molar-refractivity contribution < 1.29 is 18.3 Å². The number of halogens is 3. The van der Waals surface area contributed by atoms with Gasteiger partial charge < -0.3 is 15.7 Å². The summed E-state index contributed by atoms with van der Waals surface area (Å²) in [5.74, 6) is -0.242. The van der Waals surface area contributed by atoms with Crippen LogP contribution in [0.3, 0.4) is 0 Å². The van der Waals surface area contributed by atoms with E-state index in [0.29, 0.717) is 32.4 Å². The SMILES string of the molecule is CC1(O)CCCN(c2cc(C(F)(F)F)nc(N)n2)CC1. The van der Waals surface area contributed by atoms with E-state index in [1.807, 2.05) is 0 Å². The molecule has 1 atom stereocenters. The zero-order chi connectivity index (χ0) is 15.0. The molecule has 0 amide bonds. The van der Waals surface area contributed by atoms with Gasteiger partial charge in [-0.25, -0.2) is 4.98 Å². The second kappa shape index (κ2) is 5.08. The summed E-state index contributed by atoms with van der Waals surface area (Å²) >= 11 is 0.